The smallest absolute Gasteiger partial charge is 0.137 e. The van der Waals surface area contributed by atoms with E-state index in [-0.39, 0.29) is 0 Å². The summed E-state index contributed by atoms with van der Waals surface area (Å²) in [6.45, 7) is 0. The van der Waals surface area contributed by atoms with Crippen molar-refractivity contribution in [3.63, 3.8) is 0 Å². The molecule has 8 aromatic carbocycles. The SMILES string of the molecule is c1ccc2c(c1)oc1cc(N(c3ccc(-c4ccc5ccc6oc7ccccc7c6c5c4)cc3)c3ccc4c(c3)sc3ccccc34)ccc12. The topological polar surface area (TPSA) is 29.5 Å². The molecule has 0 aliphatic carbocycles. The van der Waals surface area contributed by atoms with Gasteiger partial charge in [-0.05, 0) is 88.6 Å². The first-order valence-corrected chi connectivity index (χ1v) is 17.6. The standard InChI is InChI=1S/C46H27NO2S/c1-4-10-40-34(7-1)35-22-20-32(26-43(35)49-40)47(33-21-23-37-36-8-3-6-12-44(36)50-45(37)27-33)31-18-15-28(16-19-31)30-14-13-29-17-24-42-46(39(29)25-30)38-9-2-5-11-41(38)48-42/h1-27H. The lowest BCUT2D eigenvalue weighted by atomic mass is 9.98. The van der Waals surface area contributed by atoms with Crippen LogP contribution in [-0.4, -0.2) is 0 Å². The second-order valence-electron chi connectivity index (χ2n) is 12.9. The van der Waals surface area contributed by atoms with Crippen molar-refractivity contribution in [3.05, 3.63) is 164 Å². The molecular weight excluding hydrogens is 631 g/mol. The van der Waals surface area contributed by atoms with Crippen LogP contribution in [0.25, 0.3) is 85.9 Å². The Balaban J connectivity index is 1.06. The molecule has 0 amide bonds. The number of hydrogen-bond acceptors (Lipinski definition) is 4. The number of para-hydroxylation sites is 2. The lowest BCUT2D eigenvalue weighted by Gasteiger charge is -2.26. The Morgan fingerprint density at radius 1 is 0.360 bits per heavy atom. The summed E-state index contributed by atoms with van der Waals surface area (Å²) in [5.74, 6) is 0. The highest BCUT2D eigenvalue weighted by molar-refractivity contribution is 7.25. The molecule has 0 aliphatic heterocycles. The van der Waals surface area contributed by atoms with Gasteiger partial charge in [0.2, 0.25) is 0 Å². The molecule has 50 heavy (non-hydrogen) atoms. The zero-order valence-electron chi connectivity index (χ0n) is 26.8. The Bertz CT molecular complexity index is 2990. The Kier molecular flexibility index (Phi) is 5.83. The Morgan fingerprint density at radius 2 is 0.960 bits per heavy atom. The summed E-state index contributed by atoms with van der Waals surface area (Å²) in [5, 5.41) is 9.55. The number of anilines is 3. The van der Waals surface area contributed by atoms with Crippen molar-refractivity contribution in [2.24, 2.45) is 0 Å². The number of fused-ring (bicyclic) bond motifs is 11. The highest BCUT2D eigenvalue weighted by atomic mass is 32.1. The summed E-state index contributed by atoms with van der Waals surface area (Å²) in [6, 6.07) is 58.5. The van der Waals surface area contributed by atoms with Crippen molar-refractivity contribution in [2.75, 3.05) is 4.90 Å². The van der Waals surface area contributed by atoms with Gasteiger partial charge in [0.05, 0.1) is 0 Å². The van der Waals surface area contributed by atoms with E-state index in [0.29, 0.717) is 0 Å². The van der Waals surface area contributed by atoms with Crippen molar-refractivity contribution >= 4 is 103 Å². The monoisotopic (exact) mass is 657 g/mol. The van der Waals surface area contributed by atoms with Gasteiger partial charge >= 0.3 is 0 Å². The summed E-state index contributed by atoms with van der Waals surface area (Å²) in [7, 11) is 0. The van der Waals surface area contributed by atoms with Gasteiger partial charge in [-0.25, -0.2) is 0 Å². The molecule has 0 aliphatic rings. The van der Waals surface area contributed by atoms with Crippen LogP contribution in [0.5, 0.6) is 0 Å². The van der Waals surface area contributed by atoms with Gasteiger partial charge in [-0.15, -0.1) is 11.3 Å². The van der Waals surface area contributed by atoms with Gasteiger partial charge < -0.3 is 13.7 Å². The molecule has 3 heterocycles. The minimum Gasteiger partial charge on any atom is -0.456 e. The van der Waals surface area contributed by atoms with E-state index in [0.717, 1.165) is 61.1 Å². The summed E-state index contributed by atoms with van der Waals surface area (Å²) in [5.41, 5.74) is 9.17. The van der Waals surface area contributed by atoms with Gasteiger partial charge in [0.25, 0.3) is 0 Å². The normalized spacial score (nSPS) is 12.0. The quantitative estimate of drug-likeness (QED) is 0.189. The number of furan rings is 2. The zero-order chi connectivity index (χ0) is 32.8. The molecule has 0 bridgehead atoms. The molecule has 11 aromatic rings. The number of rotatable bonds is 4. The van der Waals surface area contributed by atoms with Crippen LogP contribution in [0.4, 0.5) is 17.1 Å². The lowest BCUT2D eigenvalue weighted by Crippen LogP contribution is -2.09. The third kappa shape index (κ3) is 4.16. The van der Waals surface area contributed by atoms with Gasteiger partial charge in [0.1, 0.15) is 22.3 Å². The Labute approximate surface area is 290 Å². The van der Waals surface area contributed by atoms with Crippen molar-refractivity contribution in [1.29, 1.82) is 0 Å². The molecule has 0 radical (unpaired) electrons. The van der Waals surface area contributed by atoms with Gasteiger partial charge in [0, 0.05) is 64.8 Å². The first-order chi connectivity index (χ1) is 24.7. The second-order valence-corrected chi connectivity index (χ2v) is 14.0. The fraction of sp³-hybridized carbons (Fsp3) is 0. The number of hydrogen-bond donors (Lipinski definition) is 0. The number of thiophene rings is 1. The van der Waals surface area contributed by atoms with Crippen LogP contribution in [0, 0.1) is 0 Å². The predicted molar refractivity (Wildman–Crippen MR) is 212 cm³/mol. The van der Waals surface area contributed by atoms with Crippen molar-refractivity contribution < 1.29 is 8.83 Å². The minimum absolute atomic E-state index is 0.877. The maximum Gasteiger partial charge on any atom is 0.137 e. The number of benzene rings is 8. The van der Waals surface area contributed by atoms with Crippen molar-refractivity contribution in [2.45, 2.75) is 0 Å². The molecule has 0 saturated heterocycles. The van der Waals surface area contributed by atoms with Gasteiger partial charge in [0.15, 0.2) is 0 Å². The summed E-state index contributed by atoms with van der Waals surface area (Å²) in [4.78, 5) is 2.34. The molecule has 3 aromatic heterocycles. The van der Waals surface area contributed by atoms with E-state index in [9.17, 15) is 0 Å². The fourth-order valence-corrected chi connectivity index (χ4v) is 8.82. The molecule has 3 nitrogen and oxygen atoms in total. The van der Waals surface area contributed by atoms with Gasteiger partial charge in [-0.3, -0.25) is 0 Å². The second kappa shape index (κ2) is 10.6. The molecule has 0 fully saturated rings. The average molecular weight is 658 g/mol. The van der Waals surface area contributed by atoms with Crippen LogP contribution < -0.4 is 4.90 Å². The summed E-state index contributed by atoms with van der Waals surface area (Å²) >= 11 is 1.84. The predicted octanol–water partition coefficient (Wildman–Crippen LogP) is 14.1. The van der Waals surface area contributed by atoms with Crippen LogP contribution in [-0.2, 0) is 0 Å². The highest BCUT2D eigenvalue weighted by Gasteiger charge is 2.18. The van der Waals surface area contributed by atoms with E-state index in [4.69, 9.17) is 8.83 Å². The van der Waals surface area contributed by atoms with Crippen LogP contribution in [0.1, 0.15) is 0 Å². The fourth-order valence-electron chi connectivity index (χ4n) is 7.68. The molecule has 11 rings (SSSR count). The Morgan fingerprint density at radius 3 is 1.82 bits per heavy atom. The third-order valence-corrected chi connectivity index (χ3v) is 11.2. The number of nitrogens with zero attached hydrogens (tertiary/aromatic N) is 1. The lowest BCUT2D eigenvalue weighted by molar-refractivity contribution is 0.668. The van der Waals surface area contributed by atoms with E-state index in [2.05, 4.69) is 144 Å². The first kappa shape index (κ1) is 27.6. The van der Waals surface area contributed by atoms with Crippen LogP contribution >= 0.6 is 11.3 Å². The first-order valence-electron chi connectivity index (χ1n) is 16.8. The molecule has 4 heteroatoms. The maximum atomic E-state index is 6.36. The molecule has 0 unspecified atom stereocenters. The van der Waals surface area contributed by atoms with Gasteiger partial charge in [-0.1, -0.05) is 91.0 Å². The zero-order valence-corrected chi connectivity index (χ0v) is 27.6. The third-order valence-electron chi connectivity index (χ3n) is 10.1. The molecular formula is C46H27NO2S. The maximum absolute atomic E-state index is 6.36. The highest BCUT2D eigenvalue weighted by Crippen LogP contribution is 2.43. The largest absolute Gasteiger partial charge is 0.456 e. The van der Waals surface area contributed by atoms with E-state index >= 15 is 0 Å². The van der Waals surface area contributed by atoms with Crippen LogP contribution in [0.3, 0.4) is 0 Å². The van der Waals surface area contributed by atoms with E-state index in [1.54, 1.807) is 0 Å². The summed E-state index contributed by atoms with van der Waals surface area (Å²) in [6.07, 6.45) is 0. The average Bonchev–Trinajstić information content (AvgIpc) is 3.86. The molecule has 0 atom stereocenters. The molecule has 0 saturated carbocycles. The van der Waals surface area contributed by atoms with E-state index in [1.807, 2.05) is 35.6 Å². The van der Waals surface area contributed by atoms with Crippen LogP contribution in [0.2, 0.25) is 0 Å². The summed E-state index contributed by atoms with van der Waals surface area (Å²) < 4.78 is 15.1. The van der Waals surface area contributed by atoms with E-state index < -0.39 is 0 Å². The minimum atomic E-state index is 0.877. The van der Waals surface area contributed by atoms with Crippen LogP contribution in [0.15, 0.2) is 173 Å². The Hall–Kier alpha value is -6.36. The van der Waals surface area contributed by atoms with Gasteiger partial charge in [-0.2, -0.15) is 0 Å². The van der Waals surface area contributed by atoms with Crippen molar-refractivity contribution in [3.8, 4) is 11.1 Å². The van der Waals surface area contributed by atoms with Crippen molar-refractivity contribution in [1.82, 2.24) is 0 Å². The molecule has 0 spiro atoms. The molecule has 0 N–H and O–H groups in total. The molecule has 234 valence electrons. The van der Waals surface area contributed by atoms with E-state index in [1.165, 1.54) is 41.9 Å².